The van der Waals surface area contributed by atoms with Crippen LogP contribution in [0, 0.1) is 10.5 Å². The molecule has 2 rings (SSSR count). The van der Waals surface area contributed by atoms with Crippen LogP contribution in [0.15, 0.2) is 18.2 Å². The molecule has 6 heteroatoms. The molecule has 5 nitrogen and oxygen atoms in total. The van der Waals surface area contributed by atoms with Crippen LogP contribution in [0.2, 0.25) is 0 Å². The Morgan fingerprint density at radius 1 is 1.48 bits per heavy atom. The molecule has 1 fully saturated rings. The third kappa shape index (κ3) is 3.55. The first-order chi connectivity index (χ1) is 9.83. The highest BCUT2D eigenvalue weighted by atomic mass is 127. The average Bonchev–Trinajstić information content (AvgIpc) is 2.76. The minimum atomic E-state index is -0.932. The lowest BCUT2D eigenvalue weighted by Gasteiger charge is -2.30. The second-order valence-electron chi connectivity index (χ2n) is 5.61. The van der Waals surface area contributed by atoms with Gasteiger partial charge in [0.15, 0.2) is 0 Å². The zero-order valence-corrected chi connectivity index (χ0v) is 14.3. The number of nitrogens with zero attached hydrogens (tertiary/aromatic N) is 1. The van der Waals surface area contributed by atoms with Crippen molar-refractivity contribution < 1.29 is 14.7 Å². The van der Waals surface area contributed by atoms with Gasteiger partial charge >= 0.3 is 5.97 Å². The number of anilines is 1. The summed E-state index contributed by atoms with van der Waals surface area (Å²) in [6, 6.07) is 5.79. The van der Waals surface area contributed by atoms with Gasteiger partial charge in [-0.1, -0.05) is 0 Å². The quantitative estimate of drug-likeness (QED) is 0.760. The van der Waals surface area contributed by atoms with Crippen molar-refractivity contribution in [3.05, 3.63) is 27.3 Å². The molecule has 2 N–H and O–H groups in total. The van der Waals surface area contributed by atoms with Crippen LogP contribution in [0.3, 0.4) is 0 Å². The third-order valence-electron chi connectivity index (χ3n) is 4.05. The van der Waals surface area contributed by atoms with Gasteiger partial charge in [-0.3, -0.25) is 14.5 Å². The summed E-state index contributed by atoms with van der Waals surface area (Å²) in [6.45, 7) is 4.37. The molecule has 0 aliphatic carbocycles. The molecule has 114 valence electrons. The van der Waals surface area contributed by atoms with E-state index in [1.165, 1.54) is 0 Å². The maximum Gasteiger partial charge on any atom is 0.323 e. The van der Waals surface area contributed by atoms with Crippen molar-refractivity contribution >= 4 is 40.2 Å². The molecule has 0 spiro atoms. The van der Waals surface area contributed by atoms with Crippen molar-refractivity contribution in [3.8, 4) is 0 Å². The van der Waals surface area contributed by atoms with Gasteiger partial charge in [-0.05, 0) is 79.6 Å². The van der Waals surface area contributed by atoms with E-state index in [9.17, 15) is 14.7 Å². The van der Waals surface area contributed by atoms with E-state index in [-0.39, 0.29) is 12.5 Å². The number of carbonyl (C=O) groups excluding carboxylic acids is 1. The highest BCUT2D eigenvalue weighted by Crippen LogP contribution is 2.29. The van der Waals surface area contributed by atoms with Crippen LogP contribution in [0.25, 0.3) is 0 Å². The molecule has 21 heavy (non-hydrogen) atoms. The van der Waals surface area contributed by atoms with Gasteiger partial charge < -0.3 is 10.4 Å². The number of halogens is 1. The Kier molecular flexibility index (Phi) is 4.88. The summed E-state index contributed by atoms with van der Waals surface area (Å²) in [6.07, 6.45) is 1.39. The SMILES string of the molecule is Cc1cc(I)ccc1NC(=O)CN1CCCC1(C)C(=O)O. The van der Waals surface area contributed by atoms with Crippen LogP contribution in [-0.4, -0.2) is 40.5 Å². The number of hydrogen-bond acceptors (Lipinski definition) is 3. The lowest BCUT2D eigenvalue weighted by molar-refractivity contribution is -0.149. The van der Waals surface area contributed by atoms with Gasteiger partial charge in [-0.15, -0.1) is 0 Å². The third-order valence-corrected chi connectivity index (χ3v) is 4.72. The zero-order chi connectivity index (χ0) is 15.6. The van der Waals surface area contributed by atoms with Crippen molar-refractivity contribution in [2.24, 2.45) is 0 Å². The van der Waals surface area contributed by atoms with E-state index in [0.29, 0.717) is 13.0 Å². The summed E-state index contributed by atoms with van der Waals surface area (Å²) in [5.74, 6) is -1.04. The van der Waals surface area contributed by atoms with Crippen LogP contribution in [0.4, 0.5) is 5.69 Å². The van der Waals surface area contributed by atoms with Crippen molar-refractivity contribution in [2.75, 3.05) is 18.4 Å². The fraction of sp³-hybridized carbons (Fsp3) is 0.467. The van der Waals surface area contributed by atoms with Crippen molar-refractivity contribution in [3.63, 3.8) is 0 Å². The molecule has 1 amide bonds. The van der Waals surface area contributed by atoms with Crippen LogP contribution < -0.4 is 5.32 Å². The van der Waals surface area contributed by atoms with Gasteiger partial charge in [0.2, 0.25) is 5.91 Å². The summed E-state index contributed by atoms with van der Waals surface area (Å²) < 4.78 is 1.11. The predicted octanol–water partition coefficient (Wildman–Crippen LogP) is 2.48. The van der Waals surface area contributed by atoms with Crippen molar-refractivity contribution in [1.82, 2.24) is 4.90 Å². The second kappa shape index (κ2) is 6.31. The highest BCUT2D eigenvalue weighted by Gasteiger charge is 2.43. The Hall–Kier alpha value is -1.15. The maximum absolute atomic E-state index is 12.2. The lowest BCUT2D eigenvalue weighted by Crippen LogP contribution is -2.50. The summed E-state index contributed by atoms with van der Waals surface area (Å²) in [5.41, 5.74) is 0.840. The Labute approximate surface area is 137 Å². The number of carboxylic acid groups (broad SMARTS) is 1. The number of nitrogens with one attached hydrogen (secondary N) is 1. The second-order valence-corrected chi connectivity index (χ2v) is 6.86. The number of amides is 1. The Morgan fingerprint density at radius 3 is 2.81 bits per heavy atom. The van der Waals surface area contributed by atoms with Gasteiger partial charge in [-0.25, -0.2) is 0 Å². The molecule has 0 aromatic heterocycles. The molecule has 0 radical (unpaired) electrons. The van der Waals surface area contributed by atoms with E-state index in [1.807, 2.05) is 25.1 Å². The van der Waals surface area contributed by atoms with Crippen LogP contribution >= 0.6 is 22.6 Å². The van der Waals surface area contributed by atoms with E-state index < -0.39 is 11.5 Å². The van der Waals surface area contributed by atoms with E-state index in [4.69, 9.17) is 0 Å². The first kappa shape index (κ1) is 16.2. The van der Waals surface area contributed by atoms with Crippen LogP contribution in [-0.2, 0) is 9.59 Å². The smallest absolute Gasteiger partial charge is 0.323 e. The fourth-order valence-electron chi connectivity index (χ4n) is 2.65. The number of carboxylic acids is 1. The number of hydrogen-bond donors (Lipinski definition) is 2. The molecule has 1 unspecified atom stereocenters. The van der Waals surface area contributed by atoms with Crippen LogP contribution in [0.5, 0.6) is 0 Å². The average molecular weight is 402 g/mol. The minimum Gasteiger partial charge on any atom is -0.480 e. The zero-order valence-electron chi connectivity index (χ0n) is 12.1. The summed E-state index contributed by atoms with van der Waals surface area (Å²) >= 11 is 2.22. The fourth-order valence-corrected chi connectivity index (χ4v) is 3.29. The highest BCUT2D eigenvalue weighted by molar-refractivity contribution is 14.1. The molecular weight excluding hydrogens is 383 g/mol. The van der Waals surface area contributed by atoms with Crippen molar-refractivity contribution in [1.29, 1.82) is 0 Å². The number of aliphatic carboxylic acids is 1. The van der Waals surface area contributed by atoms with Gasteiger partial charge in [0.1, 0.15) is 5.54 Å². The largest absolute Gasteiger partial charge is 0.480 e. The summed E-state index contributed by atoms with van der Waals surface area (Å²) in [7, 11) is 0. The standard InChI is InChI=1S/C15H19IN2O3/c1-10-8-11(16)4-5-12(10)17-13(19)9-18-7-3-6-15(18,2)14(20)21/h4-5,8H,3,6-7,9H2,1-2H3,(H,17,19)(H,20,21). The predicted molar refractivity (Wildman–Crippen MR) is 89.4 cm³/mol. The molecule has 1 aliphatic heterocycles. The van der Waals surface area contributed by atoms with Gasteiger partial charge in [0.25, 0.3) is 0 Å². The normalized spacial score (nSPS) is 22.2. The van der Waals surface area contributed by atoms with Crippen molar-refractivity contribution in [2.45, 2.75) is 32.2 Å². The molecular formula is C15H19IN2O3. The van der Waals surface area contributed by atoms with Crippen LogP contribution in [0.1, 0.15) is 25.3 Å². The molecule has 0 bridgehead atoms. The van der Waals surface area contributed by atoms with Gasteiger partial charge in [0.05, 0.1) is 6.54 Å². The number of carbonyl (C=O) groups is 2. The molecule has 1 saturated heterocycles. The molecule has 1 aromatic carbocycles. The van der Waals surface area contributed by atoms with E-state index in [1.54, 1.807) is 11.8 Å². The topological polar surface area (TPSA) is 69.6 Å². The first-order valence-electron chi connectivity index (χ1n) is 6.87. The molecule has 1 aliphatic rings. The van der Waals surface area contributed by atoms with Gasteiger partial charge in [0, 0.05) is 9.26 Å². The number of likely N-dealkylation sites (tertiary alicyclic amines) is 1. The lowest BCUT2D eigenvalue weighted by atomic mass is 9.99. The summed E-state index contributed by atoms with van der Waals surface area (Å²) in [5, 5.41) is 12.2. The monoisotopic (exact) mass is 402 g/mol. The van der Waals surface area contributed by atoms with E-state index in [2.05, 4.69) is 27.9 Å². The molecule has 0 saturated carbocycles. The van der Waals surface area contributed by atoms with Gasteiger partial charge in [-0.2, -0.15) is 0 Å². The Bertz CT molecular complexity index is 576. The first-order valence-corrected chi connectivity index (χ1v) is 7.95. The maximum atomic E-state index is 12.2. The number of rotatable bonds is 4. The van der Waals surface area contributed by atoms with E-state index in [0.717, 1.165) is 21.2 Å². The summed E-state index contributed by atoms with van der Waals surface area (Å²) in [4.78, 5) is 25.3. The van der Waals surface area contributed by atoms with E-state index >= 15 is 0 Å². The molecule has 1 atom stereocenters. The minimum absolute atomic E-state index is 0.105. The number of benzene rings is 1. The molecule has 1 aromatic rings. The Morgan fingerprint density at radius 2 is 2.19 bits per heavy atom. The number of aryl methyl sites for hydroxylation is 1. The molecule has 1 heterocycles. The Balaban J connectivity index is 2.03.